The largest absolute Gasteiger partial charge is 0.455 e. The summed E-state index contributed by atoms with van der Waals surface area (Å²) in [6.45, 7) is 9.21. The molecule has 0 bridgehead atoms. The minimum atomic E-state index is -2.27. The molecular weight excluding hydrogens is 489 g/mol. The minimum absolute atomic E-state index is 0.0522. The van der Waals surface area contributed by atoms with Gasteiger partial charge >= 0.3 is 11.9 Å². The number of hydrogen-bond donors (Lipinski definition) is 3. The van der Waals surface area contributed by atoms with Crippen LogP contribution in [0.4, 0.5) is 16.2 Å². The molecule has 3 heterocycles. The van der Waals surface area contributed by atoms with Crippen LogP contribution < -0.4 is 16.8 Å². The standard InChI is InChI=1S/C23H36FN7O6/c1-11(2)13(25)18(32)37-15-12(8-34-10-35-20(33)22(3,4)5)36-19(23(15,6)24)31-9-28-14-16(27-7)29-21(26)30-17(14)31/h9,11-13,15,19H,8,10,25H2,1-7H3,(H3,26,27,29,30)/t12-,13?,15-,19-,23-/m1/s1. The summed E-state index contributed by atoms with van der Waals surface area (Å²) in [5.41, 5.74) is 9.34. The van der Waals surface area contributed by atoms with Gasteiger partial charge in [0.1, 0.15) is 12.1 Å². The van der Waals surface area contributed by atoms with Crippen molar-refractivity contribution in [3.8, 4) is 0 Å². The van der Waals surface area contributed by atoms with E-state index in [0.29, 0.717) is 11.3 Å². The number of imidazole rings is 1. The second-order valence-corrected chi connectivity index (χ2v) is 10.5. The number of nitrogens with zero attached hydrogens (tertiary/aromatic N) is 4. The predicted octanol–water partition coefficient (Wildman–Crippen LogP) is 1.53. The van der Waals surface area contributed by atoms with Crippen LogP contribution in [0.1, 0.15) is 47.8 Å². The second-order valence-electron chi connectivity index (χ2n) is 10.5. The van der Waals surface area contributed by atoms with Gasteiger partial charge in [-0.15, -0.1) is 0 Å². The molecule has 1 aliphatic rings. The van der Waals surface area contributed by atoms with Gasteiger partial charge in [0.05, 0.1) is 18.3 Å². The number of hydrogen-bond acceptors (Lipinski definition) is 12. The highest BCUT2D eigenvalue weighted by molar-refractivity contribution is 5.84. The van der Waals surface area contributed by atoms with Crippen LogP contribution in [0.15, 0.2) is 6.33 Å². The van der Waals surface area contributed by atoms with Crippen molar-refractivity contribution in [2.75, 3.05) is 31.5 Å². The van der Waals surface area contributed by atoms with E-state index in [9.17, 15) is 9.59 Å². The van der Waals surface area contributed by atoms with Crippen molar-refractivity contribution < 1.29 is 32.9 Å². The van der Waals surface area contributed by atoms with Crippen molar-refractivity contribution in [1.82, 2.24) is 19.5 Å². The van der Waals surface area contributed by atoms with E-state index in [1.54, 1.807) is 41.7 Å². The highest BCUT2D eigenvalue weighted by Gasteiger charge is 2.58. The van der Waals surface area contributed by atoms with E-state index < -0.39 is 47.5 Å². The van der Waals surface area contributed by atoms with Crippen molar-refractivity contribution in [3.05, 3.63) is 6.33 Å². The van der Waals surface area contributed by atoms with Gasteiger partial charge in [-0.2, -0.15) is 9.97 Å². The molecule has 206 valence electrons. The van der Waals surface area contributed by atoms with Gasteiger partial charge in [-0.25, -0.2) is 9.37 Å². The first kappa shape index (κ1) is 28.5. The second kappa shape index (κ2) is 10.7. The van der Waals surface area contributed by atoms with E-state index in [0.717, 1.165) is 0 Å². The Bertz CT molecular complexity index is 1130. The molecule has 2 aromatic rings. The lowest BCUT2D eigenvalue weighted by molar-refractivity contribution is -0.172. The molecule has 0 aliphatic carbocycles. The lowest BCUT2D eigenvalue weighted by Gasteiger charge is -2.29. The molecule has 1 unspecified atom stereocenters. The van der Waals surface area contributed by atoms with E-state index in [1.807, 2.05) is 0 Å². The fourth-order valence-electron chi connectivity index (χ4n) is 3.76. The van der Waals surface area contributed by atoms with Crippen LogP contribution in [-0.4, -0.2) is 75.8 Å². The van der Waals surface area contributed by atoms with E-state index in [2.05, 4.69) is 20.3 Å². The Morgan fingerprint density at radius 1 is 1.32 bits per heavy atom. The summed E-state index contributed by atoms with van der Waals surface area (Å²) >= 11 is 0. The van der Waals surface area contributed by atoms with Crippen LogP contribution >= 0.6 is 0 Å². The maximum atomic E-state index is 16.5. The van der Waals surface area contributed by atoms with E-state index in [1.165, 1.54) is 17.8 Å². The molecule has 0 spiro atoms. The third-order valence-electron chi connectivity index (χ3n) is 6.01. The molecule has 37 heavy (non-hydrogen) atoms. The zero-order chi connectivity index (χ0) is 27.7. The number of anilines is 2. The van der Waals surface area contributed by atoms with Crippen LogP contribution in [-0.2, 0) is 28.5 Å². The molecule has 0 radical (unpaired) electrons. The number of fused-ring (bicyclic) bond motifs is 1. The number of aromatic nitrogens is 4. The fraction of sp³-hybridized carbons (Fsp3) is 0.696. The number of esters is 2. The van der Waals surface area contributed by atoms with Crippen molar-refractivity contribution in [1.29, 1.82) is 0 Å². The van der Waals surface area contributed by atoms with Crippen LogP contribution in [0.25, 0.3) is 11.2 Å². The van der Waals surface area contributed by atoms with Crippen molar-refractivity contribution in [3.63, 3.8) is 0 Å². The molecule has 1 fully saturated rings. The number of rotatable bonds is 9. The van der Waals surface area contributed by atoms with Crippen LogP contribution in [0.3, 0.4) is 0 Å². The van der Waals surface area contributed by atoms with Gasteiger partial charge in [0.15, 0.2) is 41.8 Å². The molecule has 0 aromatic carbocycles. The molecule has 0 amide bonds. The maximum Gasteiger partial charge on any atom is 0.323 e. The van der Waals surface area contributed by atoms with E-state index in [-0.39, 0.29) is 30.9 Å². The third-order valence-corrected chi connectivity index (χ3v) is 6.01. The zero-order valence-corrected chi connectivity index (χ0v) is 22.1. The van der Waals surface area contributed by atoms with Crippen molar-refractivity contribution in [2.24, 2.45) is 17.1 Å². The number of nitrogen functional groups attached to an aromatic ring is 1. The smallest absolute Gasteiger partial charge is 0.323 e. The Morgan fingerprint density at radius 3 is 2.59 bits per heavy atom. The molecule has 1 saturated heterocycles. The number of carbonyl (C=O) groups excluding carboxylic acids is 2. The average Bonchev–Trinajstić information content (AvgIpc) is 3.32. The molecule has 0 saturated carbocycles. The molecular formula is C23H36FN7O6. The van der Waals surface area contributed by atoms with Crippen LogP contribution in [0, 0.1) is 11.3 Å². The number of nitrogens with two attached hydrogens (primary N) is 2. The summed E-state index contributed by atoms with van der Waals surface area (Å²) in [5, 5.41) is 2.87. The maximum absolute atomic E-state index is 16.5. The molecule has 1 aliphatic heterocycles. The molecule has 3 rings (SSSR count). The van der Waals surface area contributed by atoms with Gasteiger partial charge in [-0.05, 0) is 33.6 Å². The van der Waals surface area contributed by atoms with Gasteiger partial charge in [-0.3, -0.25) is 14.2 Å². The fourth-order valence-corrected chi connectivity index (χ4v) is 3.76. The number of halogens is 1. The molecule has 5 atom stereocenters. The van der Waals surface area contributed by atoms with Crippen molar-refractivity contribution in [2.45, 2.75) is 71.7 Å². The Balaban J connectivity index is 1.89. The zero-order valence-electron chi connectivity index (χ0n) is 22.1. The number of nitrogens with one attached hydrogen (secondary N) is 1. The number of alkyl halides is 1. The van der Waals surface area contributed by atoms with Gasteiger partial charge in [-0.1, -0.05) is 13.8 Å². The van der Waals surface area contributed by atoms with Crippen LogP contribution in [0.5, 0.6) is 0 Å². The van der Waals surface area contributed by atoms with Gasteiger partial charge in [0, 0.05) is 7.05 Å². The lowest BCUT2D eigenvalue weighted by atomic mass is 9.97. The normalized spacial score (nSPS) is 24.9. The third kappa shape index (κ3) is 5.91. The number of ether oxygens (including phenoxy) is 4. The highest BCUT2D eigenvalue weighted by atomic mass is 19.1. The summed E-state index contributed by atoms with van der Waals surface area (Å²) in [5.74, 6) is -1.19. The SMILES string of the molecule is CNc1nc(N)nc2c1ncn2[C@@H]1O[C@H](COCOC(=O)C(C)(C)C)[C@@H](OC(=O)C(N)C(C)C)[C@@]1(C)F. The van der Waals surface area contributed by atoms with Gasteiger partial charge in [0.25, 0.3) is 0 Å². The van der Waals surface area contributed by atoms with E-state index in [4.69, 9.17) is 30.4 Å². The summed E-state index contributed by atoms with van der Waals surface area (Å²) in [6, 6.07) is -0.969. The molecule has 14 heteroatoms. The Morgan fingerprint density at radius 2 is 2.00 bits per heavy atom. The molecule has 13 nitrogen and oxygen atoms in total. The Labute approximate surface area is 214 Å². The summed E-state index contributed by atoms with van der Waals surface area (Å²) in [7, 11) is 1.64. The topological polar surface area (TPSA) is 179 Å². The summed E-state index contributed by atoms with van der Waals surface area (Å²) in [6.07, 6.45) is -2.46. The highest BCUT2D eigenvalue weighted by Crippen LogP contribution is 2.44. The van der Waals surface area contributed by atoms with Crippen molar-refractivity contribution >= 4 is 34.9 Å². The number of carbonyl (C=O) groups is 2. The molecule has 5 N–H and O–H groups in total. The minimum Gasteiger partial charge on any atom is -0.455 e. The predicted molar refractivity (Wildman–Crippen MR) is 132 cm³/mol. The lowest BCUT2D eigenvalue weighted by Crippen LogP contribution is -2.48. The summed E-state index contributed by atoms with van der Waals surface area (Å²) < 4.78 is 40.0. The first-order valence-corrected chi connectivity index (χ1v) is 11.9. The van der Waals surface area contributed by atoms with E-state index >= 15 is 4.39 Å². The van der Waals surface area contributed by atoms with Gasteiger partial charge < -0.3 is 35.7 Å². The first-order valence-electron chi connectivity index (χ1n) is 11.9. The summed E-state index contributed by atoms with van der Waals surface area (Å²) in [4.78, 5) is 37.3. The Kier molecular flexibility index (Phi) is 8.24. The van der Waals surface area contributed by atoms with Gasteiger partial charge in [0.2, 0.25) is 5.95 Å². The quantitative estimate of drug-likeness (QED) is 0.245. The Hall–Kier alpha value is -3.10. The average molecular weight is 526 g/mol. The monoisotopic (exact) mass is 525 g/mol. The molecule has 2 aromatic heterocycles. The first-order chi connectivity index (χ1) is 17.2. The van der Waals surface area contributed by atoms with Crippen LogP contribution in [0.2, 0.25) is 0 Å².